The third-order valence-corrected chi connectivity index (χ3v) is 8.13. The predicted molar refractivity (Wildman–Crippen MR) is 137 cm³/mol. The Kier molecular flexibility index (Phi) is 7.41. The Labute approximate surface area is 209 Å². The van der Waals surface area contributed by atoms with Crippen LogP contribution >= 0.6 is 0 Å². The lowest BCUT2D eigenvalue weighted by Crippen LogP contribution is -2.68. The number of rotatable bonds is 4. The maximum absolute atomic E-state index is 13.2. The molecule has 3 atom stereocenters. The second-order valence-corrected chi connectivity index (χ2v) is 10.1. The van der Waals surface area contributed by atoms with Crippen molar-refractivity contribution in [3.8, 4) is 17.6 Å². The van der Waals surface area contributed by atoms with Crippen molar-refractivity contribution in [2.24, 2.45) is 5.92 Å². The first-order chi connectivity index (χ1) is 17.2. The summed E-state index contributed by atoms with van der Waals surface area (Å²) in [7, 11) is 1.66. The lowest BCUT2D eigenvalue weighted by Gasteiger charge is -2.57. The number of carbonyl (C=O) groups is 1. The minimum Gasteiger partial charge on any atom is -0.495 e. The van der Waals surface area contributed by atoms with Crippen LogP contribution in [-0.2, 0) is 4.79 Å². The highest BCUT2D eigenvalue weighted by Gasteiger charge is 2.49. The number of nitrogens with zero attached hydrogens (tertiary/aromatic N) is 2. The second kappa shape index (κ2) is 10.8. The molecule has 1 saturated carbocycles. The van der Waals surface area contributed by atoms with E-state index in [-0.39, 0.29) is 30.5 Å². The molecule has 5 nitrogen and oxygen atoms in total. The van der Waals surface area contributed by atoms with Gasteiger partial charge in [0.05, 0.1) is 19.3 Å². The number of ether oxygens (including phenoxy) is 1. The smallest absolute Gasteiger partial charge is 0.225 e. The molecule has 2 aromatic rings. The van der Waals surface area contributed by atoms with E-state index in [1.165, 1.54) is 18.4 Å². The Bertz CT molecular complexity index is 1080. The molecule has 2 aliphatic heterocycles. The highest BCUT2D eigenvalue weighted by molar-refractivity contribution is 5.79. The molecule has 0 unspecified atom stereocenters. The Hall–Kier alpha value is -2.81. The van der Waals surface area contributed by atoms with Crippen LogP contribution < -0.4 is 4.74 Å². The topological polar surface area (TPSA) is 53.0 Å². The van der Waals surface area contributed by atoms with E-state index in [2.05, 4.69) is 45.9 Å². The fourth-order valence-electron chi connectivity index (χ4n) is 6.25. The van der Waals surface area contributed by atoms with Gasteiger partial charge < -0.3 is 14.7 Å². The monoisotopic (exact) mass is 472 g/mol. The van der Waals surface area contributed by atoms with E-state index in [0.29, 0.717) is 5.91 Å². The Morgan fingerprint density at radius 2 is 1.74 bits per heavy atom. The van der Waals surface area contributed by atoms with Crippen LogP contribution in [0.15, 0.2) is 48.5 Å². The van der Waals surface area contributed by atoms with Gasteiger partial charge in [0.2, 0.25) is 5.91 Å². The first-order valence-electron chi connectivity index (χ1n) is 13.1. The Balaban J connectivity index is 1.33. The molecule has 1 amide bonds. The van der Waals surface area contributed by atoms with E-state index in [9.17, 15) is 9.90 Å². The molecular formula is C30H36N2O3. The third kappa shape index (κ3) is 4.96. The highest BCUT2D eigenvalue weighted by Crippen LogP contribution is 2.42. The maximum atomic E-state index is 13.2. The molecule has 3 fully saturated rings. The van der Waals surface area contributed by atoms with Crippen molar-refractivity contribution in [1.82, 2.24) is 9.80 Å². The normalized spacial score (nSPS) is 25.0. The lowest BCUT2D eigenvalue weighted by atomic mass is 9.74. The number of benzene rings is 2. The number of methoxy groups -OCH3 is 1. The average Bonchev–Trinajstić information content (AvgIpc) is 3.42. The molecule has 5 rings (SSSR count). The molecule has 0 spiro atoms. The number of hydrogen-bond acceptors (Lipinski definition) is 4. The number of aliphatic hydroxyl groups excluding tert-OH is 1. The molecule has 35 heavy (non-hydrogen) atoms. The van der Waals surface area contributed by atoms with Crippen molar-refractivity contribution < 1.29 is 14.6 Å². The maximum Gasteiger partial charge on any atom is 0.225 e. The second-order valence-electron chi connectivity index (χ2n) is 10.1. The molecule has 0 bridgehead atoms. The number of amides is 1. The highest BCUT2D eigenvalue weighted by atomic mass is 16.5. The number of hydrogen-bond donors (Lipinski definition) is 1. The van der Waals surface area contributed by atoms with Gasteiger partial charge >= 0.3 is 0 Å². The van der Waals surface area contributed by atoms with Gasteiger partial charge in [-0.2, -0.15) is 0 Å². The summed E-state index contributed by atoms with van der Waals surface area (Å²) < 4.78 is 5.40. The van der Waals surface area contributed by atoms with Gasteiger partial charge in [0, 0.05) is 42.6 Å². The fraction of sp³-hybridized carbons (Fsp3) is 0.500. The molecule has 2 heterocycles. The quantitative estimate of drug-likeness (QED) is 0.683. The molecule has 5 heteroatoms. The van der Waals surface area contributed by atoms with E-state index in [0.717, 1.165) is 62.2 Å². The van der Waals surface area contributed by atoms with Gasteiger partial charge in [0.25, 0.3) is 0 Å². The van der Waals surface area contributed by atoms with Crippen molar-refractivity contribution in [2.75, 3.05) is 33.4 Å². The lowest BCUT2D eigenvalue weighted by molar-refractivity contribution is -0.140. The molecule has 2 aromatic carbocycles. The zero-order chi connectivity index (χ0) is 24.2. The van der Waals surface area contributed by atoms with E-state index < -0.39 is 0 Å². The van der Waals surface area contributed by atoms with Crippen molar-refractivity contribution in [1.29, 1.82) is 0 Å². The standard InChI is InChI=1S/C30H36N2O3/c1-35-28-11-5-4-8-23(28)15-12-22-13-16-24(17-14-22)29-26-20-31(30(34)25-9-2-3-10-25)18-6-7-19-32(26)27(29)21-33/h4-5,8,11,13-14,16-17,25-27,29,33H,2-3,6-7,9-10,18-21H2,1H3/t26-,27-,29-/m0/s1. The first kappa shape index (κ1) is 23.9. The van der Waals surface area contributed by atoms with Crippen LogP contribution in [0.4, 0.5) is 0 Å². The van der Waals surface area contributed by atoms with Gasteiger partial charge in [0.1, 0.15) is 5.75 Å². The van der Waals surface area contributed by atoms with Gasteiger partial charge in [0.15, 0.2) is 0 Å². The molecule has 184 valence electrons. The van der Waals surface area contributed by atoms with Crippen molar-refractivity contribution in [3.05, 3.63) is 65.2 Å². The van der Waals surface area contributed by atoms with Crippen molar-refractivity contribution in [3.63, 3.8) is 0 Å². The van der Waals surface area contributed by atoms with Crippen LogP contribution in [0.3, 0.4) is 0 Å². The largest absolute Gasteiger partial charge is 0.495 e. The van der Waals surface area contributed by atoms with Crippen LogP contribution in [0.1, 0.15) is 61.1 Å². The van der Waals surface area contributed by atoms with Crippen molar-refractivity contribution >= 4 is 5.91 Å². The fourth-order valence-corrected chi connectivity index (χ4v) is 6.25. The molecule has 3 aliphatic rings. The van der Waals surface area contributed by atoms with Gasteiger partial charge in [-0.1, -0.05) is 48.9 Å². The number of carbonyl (C=O) groups excluding carboxylic acids is 1. The molecule has 0 aromatic heterocycles. The summed E-state index contributed by atoms with van der Waals surface area (Å²) in [6, 6.07) is 16.6. The van der Waals surface area contributed by atoms with E-state index in [1.54, 1.807) is 7.11 Å². The Morgan fingerprint density at radius 3 is 2.49 bits per heavy atom. The molecule has 1 aliphatic carbocycles. The van der Waals surface area contributed by atoms with Gasteiger partial charge in [-0.3, -0.25) is 9.69 Å². The predicted octanol–water partition coefficient (Wildman–Crippen LogP) is 4.04. The first-order valence-corrected chi connectivity index (χ1v) is 13.1. The van der Waals surface area contributed by atoms with Crippen LogP contribution in [-0.4, -0.2) is 66.2 Å². The summed E-state index contributed by atoms with van der Waals surface area (Å²) in [4.78, 5) is 17.8. The number of para-hydroxylation sites is 1. The van der Waals surface area contributed by atoms with Crippen molar-refractivity contribution in [2.45, 2.75) is 56.5 Å². The van der Waals surface area contributed by atoms with E-state index in [1.807, 2.05) is 24.3 Å². The zero-order valence-electron chi connectivity index (χ0n) is 20.7. The van der Waals surface area contributed by atoms with E-state index in [4.69, 9.17) is 4.74 Å². The van der Waals surface area contributed by atoms with Crippen LogP contribution in [0.5, 0.6) is 5.75 Å². The third-order valence-electron chi connectivity index (χ3n) is 8.13. The zero-order valence-corrected chi connectivity index (χ0v) is 20.7. The van der Waals surface area contributed by atoms with Gasteiger partial charge in [-0.15, -0.1) is 0 Å². The van der Waals surface area contributed by atoms with Gasteiger partial charge in [-0.05, 0) is 62.1 Å². The summed E-state index contributed by atoms with van der Waals surface area (Å²) in [6.45, 7) is 2.78. The Morgan fingerprint density at radius 1 is 1.00 bits per heavy atom. The summed E-state index contributed by atoms with van der Waals surface area (Å²) >= 11 is 0. The van der Waals surface area contributed by atoms with Crippen LogP contribution in [0, 0.1) is 17.8 Å². The van der Waals surface area contributed by atoms with Gasteiger partial charge in [-0.25, -0.2) is 0 Å². The van der Waals surface area contributed by atoms with Crippen LogP contribution in [0.25, 0.3) is 0 Å². The molecule has 0 radical (unpaired) electrons. The van der Waals surface area contributed by atoms with E-state index >= 15 is 0 Å². The molecule has 1 N–H and O–H groups in total. The molecular weight excluding hydrogens is 436 g/mol. The number of fused-ring (bicyclic) bond motifs is 1. The summed E-state index contributed by atoms with van der Waals surface area (Å²) in [6.07, 6.45) is 6.58. The summed E-state index contributed by atoms with van der Waals surface area (Å²) in [5, 5.41) is 10.2. The summed E-state index contributed by atoms with van der Waals surface area (Å²) in [5.41, 5.74) is 3.05. The minimum absolute atomic E-state index is 0.118. The minimum atomic E-state index is 0.118. The number of aliphatic hydroxyl groups is 1. The average molecular weight is 473 g/mol. The summed E-state index contributed by atoms with van der Waals surface area (Å²) in [5.74, 6) is 8.05. The SMILES string of the molecule is COc1ccccc1C#Cc1ccc([C@@H]2[C@H](CO)N3CCCCN(C(=O)C4CCCC4)C[C@@H]23)cc1. The van der Waals surface area contributed by atoms with Crippen LogP contribution in [0.2, 0.25) is 0 Å². The molecule has 2 saturated heterocycles.